The number of nitrogens with zero attached hydrogens (tertiary/aromatic N) is 2. The molecule has 0 saturated heterocycles. The largest absolute Gasteiger partial charge is 0.490 e. The van der Waals surface area contributed by atoms with E-state index in [-0.39, 0.29) is 23.2 Å². The quantitative estimate of drug-likeness (QED) is 0.327. The van der Waals surface area contributed by atoms with Crippen LogP contribution in [0.2, 0.25) is 5.02 Å². The Hall–Kier alpha value is -3.43. The highest BCUT2D eigenvalue weighted by Crippen LogP contribution is 2.42. The number of benzene rings is 3. The first-order valence-electron chi connectivity index (χ1n) is 10.2. The van der Waals surface area contributed by atoms with Gasteiger partial charge in [0.05, 0.1) is 23.7 Å². The summed E-state index contributed by atoms with van der Waals surface area (Å²) in [6.07, 6.45) is 1.32. The zero-order valence-electron chi connectivity index (χ0n) is 17.8. The molecule has 0 aliphatic rings. The lowest BCUT2D eigenvalue weighted by Crippen LogP contribution is -2.32. The van der Waals surface area contributed by atoms with E-state index in [4.69, 9.17) is 21.1 Å². The van der Waals surface area contributed by atoms with Gasteiger partial charge in [0.2, 0.25) is 0 Å². The van der Waals surface area contributed by atoms with Crippen LogP contribution < -0.4 is 20.7 Å². The summed E-state index contributed by atoms with van der Waals surface area (Å²) < 4.78 is 26.1. The summed E-state index contributed by atoms with van der Waals surface area (Å²) in [4.78, 5) is 27.7. The number of ether oxygens (including phenoxy) is 2. The van der Waals surface area contributed by atoms with Crippen LogP contribution in [-0.2, 0) is 6.61 Å². The number of aromatic nitrogens is 2. The lowest BCUT2D eigenvalue weighted by atomic mass is 10.2. The second-order valence-corrected chi connectivity index (χ2v) is 8.28. The van der Waals surface area contributed by atoms with Crippen molar-refractivity contribution >= 4 is 44.6 Å². The summed E-state index contributed by atoms with van der Waals surface area (Å²) in [7, 11) is 0. The third-order valence-corrected chi connectivity index (χ3v) is 6.27. The van der Waals surface area contributed by atoms with Crippen LogP contribution in [0.25, 0.3) is 10.9 Å². The van der Waals surface area contributed by atoms with Crippen molar-refractivity contribution in [1.82, 2.24) is 9.66 Å². The maximum atomic E-state index is 13.5. The predicted molar refractivity (Wildman–Crippen MR) is 133 cm³/mol. The molecule has 0 atom stereocenters. The second kappa shape index (κ2) is 10.2. The Kier molecular flexibility index (Phi) is 7.14. The molecule has 3 aromatic carbocycles. The molecule has 1 heterocycles. The molecular formula is C24H18BrClFN3O4. The van der Waals surface area contributed by atoms with E-state index in [0.717, 1.165) is 4.68 Å². The standard InChI is InChI=1S/C24H18BrClFN3O4/c1-2-33-19-11-15(12-28-30-23(31)17-8-3-4-9-18(17)29-24(30)32)20(25)21(26)22(19)34-13-14-6-5-7-16(27)10-14/h3-12H,2,13H2,1H3,(H,29,32). The minimum Gasteiger partial charge on any atom is -0.490 e. The van der Waals surface area contributed by atoms with Crippen molar-refractivity contribution in [2.45, 2.75) is 13.5 Å². The molecule has 1 aromatic heterocycles. The minimum absolute atomic E-state index is 0.0687. The predicted octanol–water partition coefficient (Wildman–Crippen LogP) is 5.10. The molecule has 0 radical (unpaired) electrons. The summed E-state index contributed by atoms with van der Waals surface area (Å²) in [6, 6.07) is 14.3. The van der Waals surface area contributed by atoms with Gasteiger partial charge in [-0.15, -0.1) is 4.68 Å². The summed E-state index contributed by atoms with van der Waals surface area (Å²) in [5, 5.41) is 4.59. The van der Waals surface area contributed by atoms with Crippen molar-refractivity contribution in [3.8, 4) is 11.5 Å². The zero-order chi connectivity index (χ0) is 24.2. The second-order valence-electron chi connectivity index (χ2n) is 7.11. The number of H-pyrrole nitrogens is 1. The molecule has 0 spiro atoms. The van der Waals surface area contributed by atoms with Crippen molar-refractivity contribution in [2.24, 2.45) is 5.10 Å². The number of nitrogens with one attached hydrogen (secondary N) is 1. The summed E-state index contributed by atoms with van der Waals surface area (Å²) in [5.41, 5.74) is 0.257. The monoisotopic (exact) mass is 545 g/mol. The first kappa shape index (κ1) is 23.7. The maximum Gasteiger partial charge on any atom is 0.349 e. The number of para-hydroxylation sites is 1. The van der Waals surface area contributed by atoms with Gasteiger partial charge in [0.15, 0.2) is 11.5 Å². The summed E-state index contributed by atoms with van der Waals surface area (Å²) >= 11 is 9.95. The fourth-order valence-electron chi connectivity index (χ4n) is 3.26. The van der Waals surface area contributed by atoms with Crippen molar-refractivity contribution in [3.05, 3.63) is 102 Å². The third kappa shape index (κ3) is 4.90. The van der Waals surface area contributed by atoms with Crippen LogP contribution in [0.5, 0.6) is 11.5 Å². The Balaban J connectivity index is 1.71. The van der Waals surface area contributed by atoms with Crippen molar-refractivity contribution < 1.29 is 13.9 Å². The molecule has 4 rings (SSSR count). The van der Waals surface area contributed by atoms with Gasteiger partial charge in [0, 0.05) is 10.0 Å². The Labute approximate surface area is 206 Å². The van der Waals surface area contributed by atoms with Crippen LogP contribution in [0.15, 0.2) is 73.8 Å². The molecule has 4 aromatic rings. The van der Waals surface area contributed by atoms with E-state index >= 15 is 0 Å². The highest BCUT2D eigenvalue weighted by atomic mass is 79.9. The number of hydrogen-bond acceptors (Lipinski definition) is 5. The lowest BCUT2D eigenvalue weighted by Gasteiger charge is -2.16. The molecule has 7 nitrogen and oxygen atoms in total. The van der Waals surface area contributed by atoms with Gasteiger partial charge in [-0.3, -0.25) is 4.79 Å². The molecule has 0 aliphatic carbocycles. The highest BCUT2D eigenvalue weighted by Gasteiger charge is 2.18. The minimum atomic E-state index is -0.678. The van der Waals surface area contributed by atoms with E-state index in [1.165, 1.54) is 18.3 Å². The van der Waals surface area contributed by atoms with Gasteiger partial charge in [0.25, 0.3) is 5.56 Å². The smallest absolute Gasteiger partial charge is 0.349 e. The van der Waals surface area contributed by atoms with E-state index in [9.17, 15) is 14.0 Å². The number of fused-ring (bicyclic) bond motifs is 1. The molecule has 0 amide bonds. The van der Waals surface area contributed by atoms with Crippen molar-refractivity contribution in [2.75, 3.05) is 6.61 Å². The average Bonchev–Trinajstić information content (AvgIpc) is 2.82. The van der Waals surface area contributed by atoms with E-state index in [0.29, 0.717) is 38.9 Å². The van der Waals surface area contributed by atoms with Gasteiger partial charge in [-0.25, -0.2) is 9.18 Å². The van der Waals surface area contributed by atoms with Crippen molar-refractivity contribution in [1.29, 1.82) is 0 Å². The van der Waals surface area contributed by atoms with Crippen LogP contribution in [-0.4, -0.2) is 22.5 Å². The van der Waals surface area contributed by atoms with Crippen LogP contribution in [0, 0.1) is 5.82 Å². The molecule has 0 bridgehead atoms. The molecule has 0 saturated carbocycles. The Morgan fingerprint density at radius 2 is 1.94 bits per heavy atom. The van der Waals surface area contributed by atoms with E-state index in [1.807, 2.05) is 0 Å². The first-order valence-corrected chi connectivity index (χ1v) is 11.4. The molecular weight excluding hydrogens is 529 g/mol. The normalized spacial score (nSPS) is 11.3. The Morgan fingerprint density at radius 1 is 1.15 bits per heavy atom. The van der Waals surface area contributed by atoms with E-state index < -0.39 is 11.2 Å². The van der Waals surface area contributed by atoms with Gasteiger partial charge in [-0.2, -0.15) is 5.10 Å². The number of rotatable bonds is 7. The van der Waals surface area contributed by atoms with Gasteiger partial charge in [0.1, 0.15) is 17.4 Å². The van der Waals surface area contributed by atoms with Crippen LogP contribution in [0.3, 0.4) is 0 Å². The Bertz CT molecular complexity index is 1520. The summed E-state index contributed by atoms with van der Waals surface area (Å²) in [6.45, 7) is 2.20. The molecule has 0 aliphatic heterocycles. The van der Waals surface area contributed by atoms with Crippen molar-refractivity contribution in [3.63, 3.8) is 0 Å². The number of aromatic amines is 1. The molecule has 0 fully saturated rings. The molecule has 10 heteroatoms. The Morgan fingerprint density at radius 3 is 2.71 bits per heavy atom. The fourth-order valence-corrected chi connectivity index (χ4v) is 3.91. The van der Waals surface area contributed by atoms with E-state index in [2.05, 4.69) is 26.0 Å². The number of halogens is 3. The topological polar surface area (TPSA) is 85.7 Å². The van der Waals surface area contributed by atoms with E-state index in [1.54, 1.807) is 49.4 Å². The first-order chi connectivity index (χ1) is 16.4. The third-order valence-electron chi connectivity index (χ3n) is 4.82. The average molecular weight is 547 g/mol. The molecule has 174 valence electrons. The van der Waals surface area contributed by atoms with Crippen LogP contribution in [0.4, 0.5) is 4.39 Å². The molecule has 34 heavy (non-hydrogen) atoms. The van der Waals surface area contributed by atoms with Crippen LogP contribution in [0.1, 0.15) is 18.1 Å². The van der Waals surface area contributed by atoms with Crippen LogP contribution >= 0.6 is 27.5 Å². The fraction of sp³-hybridized carbons (Fsp3) is 0.125. The SMILES string of the molecule is CCOc1cc(C=Nn2c(=O)[nH]c3ccccc3c2=O)c(Br)c(Cl)c1OCc1cccc(F)c1. The highest BCUT2D eigenvalue weighted by molar-refractivity contribution is 9.10. The molecule has 1 N–H and O–H groups in total. The van der Waals surface area contributed by atoms with Gasteiger partial charge in [-0.1, -0.05) is 35.9 Å². The lowest BCUT2D eigenvalue weighted by molar-refractivity contribution is 0.269. The van der Waals surface area contributed by atoms with Gasteiger partial charge >= 0.3 is 5.69 Å². The summed E-state index contributed by atoms with van der Waals surface area (Å²) in [5.74, 6) is 0.217. The molecule has 0 unspecified atom stereocenters. The van der Waals surface area contributed by atoms with Gasteiger partial charge in [-0.05, 0) is 58.7 Å². The zero-order valence-corrected chi connectivity index (χ0v) is 20.2. The maximum absolute atomic E-state index is 13.5. The van der Waals surface area contributed by atoms with Gasteiger partial charge < -0.3 is 14.5 Å². The number of hydrogen-bond donors (Lipinski definition) is 1.